The second-order valence-electron chi connectivity index (χ2n) is 5.75. The van der Waals surface area contributed by atoms with Gasteiger partial charge in [0.15, 0.2) is 0 Å². The molecule has 0 radical (unpaired) electrons. The van der Waals surface area contributed by atoms with Crippen LogP contribution in [0.1, 0.15) is 16.7 Å². The van der Waals surface area contributed by atoms with Gasteiger partial charge in [0.2, 0.25) is 0 Å². The van der Waals surface area contributed by atoms with Crippen molar-refractivity contribution in [2.45, 2.75) is 13.8 Å². The van der Waals surface area contributed by atoms with Crippen LogP contribution in [0.3, 0.4) is 0 Å². The standard InChI is InChI=1S/C19H19N5O/c1-13-8-9-15(10-14(13)2)18-16(11-21-22-19(20)25)12-24(23-18)17-6-4-3-5-7-17/h3-12H,1-2H3,(H3,20,22,25)/b21-11-. The minimum atomic E-state index is -0.709. The predicted molar refractivity (Wildman–Crippen MR) is 98.8 cm³/mol. The number of hydrogen-bond acceptors (Lipinski definition) is 3. The van der Waals surface area contributed by atoms with Crippen LogP contribution in [-0.2, 0) is 0 Å². The molecule has 126 valence electrons. The van der Waals surface area contributed by atoms with Gasteiger partial charge in [-0.2, -0.15) is 10.2 Å². The van der Waals surface area contributed by atoms with E-state index in [2.05, 4.69) is 36.5 Å². The summed E-state index contributed by atoms with van der Waals surface area (Å²) in [5, 5.41) is 8.57. The highest BCUT2D eigenvalue weighted by atomic mass is 16.2. The van der Waals surface area contributed by atoms with Crippen LogP contribution in [0.15, 0.2) is 59.8 Å². The van der Waals surface area contributed by atoms with Gasteiger partial charge in [0.25, 0.3) is 0 Å². The van der Waals surface area contributed by atoms with Crippen LogP contribution in [0.4, 0.5) is 4.79 Å². The van der Waals surface area contributed by atoms with E-state index < -0.39 is 6.03 Å². The van der Waals surface area contributed by atoms with E-state index in [0.29, 0.717) is 0 Å². The molecular formula is C19H19N5O. The molecule has 0 aliphatic rings. The maximum atomic E-state index is 10.8. The first-order chi connectivity index (χ1) is 12.0. The van der Waals surface area contributed by atoms with Crippen molar-refractivity contribution in [3.8, 4) is 16.9 Å². The minimum absolute atomic E-state index is 0.709. The number of rotatable bonds is 4. The SMILES string of the molecule is Cc1ccc(-c2nn(-c3ccccc3)cc2/C=N\NC(N)=O)cc1C. The highest BCUT2D eigenvalue weighted by Gasteiger charge is 2.12. The molecule has 2 aromatic carbocycles. The number of hydrogen-bond donors (Lipinski definition) is 2. The predicted octanol–water partition coefficient (Wildman–Crippen LogP) is 3.16. The molecule has 0 spiro atoms. The number of carbonyl (C=O) groups excluding carboxylic acids is 1. The van der Waals surface area contributed by atoms with Crippen LogP contribution in [-0.4, -0.2) is 22.0 Å². The molecule has 6 nitrogen and oxygen atoms in total. The van der Waals surface area contributed by atoms with Crippen molar-refractivity contribution in [2.75, 3.05) is 0 Å². The number of nitrogens with two attached hydrogens (primary N) is 1. The number of amides is 2. The molecule has 0 aliphatic carbocycles. The number of para-hydroxylation sites is 1. The van der Waals surface area contributed by atoms with Crippen molar-refractivity contribution in [3.63, 3.8) is 0 Å². The molecule has 2 amide bonds. The molecule has 3 rings (SSSR count). The zero-order valence-electron chi connectivity index (χ0n) is 14.1. The Balaban J connectivity index is 2.07. The van der Waals surface area contributed by atoms with E-state index in [4.69, 9.17) is 10.8 Å². The summed E-state index contributed by atoms with van der Waals surface area (Å²) in [4.78, 5) is 10.8. The molecule has 0 atom stereocenters. The monoisotopic (exact) mass is 333 g/mol. The van der Waals surface area contributed by atoms with Gasteiger partial charge in [0.05, 0.1) is 11.9 Å². The normalized spacial score (nSPS) is 11.0. The molecule has 0 bridgehead atoms. The van der Waals surface area contributed by atoms with E-state index in [1.807, 2.05) is 42.6 Å². The number of primary amides is 1. The zero-order valence-corrected chi connectivity index (χ0v) is 14.1. The molecule has 3 aromatic rings. The summed E-state index contributed by atoms with van der Waals surface area (Å²) >= 11 is 0. The molecule has 25 heavy (non-hydrogen) atoms. The average Bonchev–Trinajstić information content (AvgIpc) is 3.02. The molecule has 3 N–H and O–H groups in total. The van der Waals surface area contributed by atoms with Gasteiger partial charge in [-0.1, -0.05) is 30.3 Å². The Morgan fingerprint density at radius 3 is 2.60 bits per heavy atom. The Morgan fingerprint density at radius 2 is 1.92 bits per heavy atom. The number of carbonyl (C=O) groups is 1. The summed E-state index contributed by atoms with van der Waals surface area (Å²) in [6.45, 7) is 4.14. The second kappa shape index (κ2) is 7.00. The number of aromatic nitrogens is 2. The summed E-state index contributed by atoms with van der Waals surface area (Å²) in [7, 11) is 0. The lowest BCUT2D eigenvalue weighted by atomic mass is 10.0. The van der Waals surface area contributed by atoms with Gasteiger partial charge in [-0.15, -0.1) is 0 Å². The molecule has 0 saturated carbocycles. The summed E-state index contributed by atoms with van der Waals surface area (Å²) in [6.07, 6.45) is 3.41. The lowest BCUT2D eigenvalue weighted by molar-refractivity contribution is 0.249. The summed E-state index contributed by atoms with van der Waals surface area (Å²) < 4.78 is 1.79. The third kappa shape index (κ3) is 3.74. The number of nitrogens with zero attached hydrogens (tertiary/aromatic N) is 3. The van der Waals surface area contributed by atoms with Crippen molar-refractivity contribution >= 4 is 12.2 Å². The quantitative estimate of drug-likeness (QED) is 0.568. The largest absolute Gasteiger partial charge is 0.350 e. The van der Waals surface area contributed by atoms with Crippen LogP contribution >= 0.6 is 0 Å². The van der Waals surface area contributed by atoms with Crippen molar-refractivity contribution in [1.29, 1.82) is 0 Å². The van der Waals surface area contributed by atoms with Gasteiger partial charge in [-0.25, -0.2) is 14.9 Å². The number of urea groups is 1. The minimum Gasteiger partial charge on any atom is -0.350 e. The fourth-order valence-corrected chi connectivity index (χ4v) is 2.47. The fourth-order valence-electron chi connectivity index (χ4n) is 2.47. The summed E-state index contributed by atoms with van der Waals surface area (Å²) in [6, 6.07) is 15.3. The van der Waals surface area contributed by atoms with Gasteiger partial charge in [-0.05, 0) is 43.2 Å². The van der Waals surface area contributed by atoms with Gasteiger partial charge in [0.1, 0.15) is 5.69 Å². The van der Waals surface area contributed by atoms with E-state index in [-0.39, 0.29) is 0 Å². The number of aryl methyl sites for hydroxylation is 2. The van der Waals surface area contributed by atoms with Crippen molar-refractivity contribution in [2.24, 2.45) is 10.8 Å². The summed E-state index contributed by atoms with van der Waals surface area (Å²) in [5.41, 5.74) is 13.2. The molecule has 0 saturated heterocycles. The molecule has 0 unspecified atom stereocenters. The highest BCUT2D eigenvalue weighted by molar-refractivity contribution is 5.89. The fraction of sp³-hybridized carbons (Fsp3) is 0.105. The van der Waals surface area contributed by atoms with E-state index >= 15 is 0 Å². The first-order valence-electron chi connectivity index (χ1n) is 7.86. The molecule has 1 heterocycles. The molecular weight excluding hydrogens is 314 g/mol. The number of benzene rings is 2. The van der Waals surface area contributed by atoms with Crippen LogP contribution in [0.5, 0.6) is 0 Å². The molecule has 0 aliphatic heterocycles. The van der Waals surface area contributed by atoms with Gasteiger partial charge in [0, 0.05) is 17.3 Å². The Bertz CT molecular complexity index is 928. The van der Waals surface area contributed by atoms with Crippen LogP contribution in [0, 0.1) is 13.8 Å². The first-order valence-corrected chi connectivity index (χ1v) is 7.86. The molecule has 1 aromatic heterocycles. The lowest BCUT2D eigenvalue weighted by Crippen LogP contribution is -2.24. The van der Waals surface area contributed by atoms with Crippen LogP contribution in [0.25, 0.3) is 16.9 Å². The summed E-state index contributed by atoms with van der Waals surface area (Å²) in [5.74, 6) is 0. The number of hydrazone groups is 1. The van der Waals surface area contributed by atoms with Crippen LogP contribution < -0.4 is 11.2 Å². The lowest BCUT2D eigenvalue weighted by Gasteiger charge is -2.04. The highest BCUT2D eigenvalue weighted by Crippen LogP contribution is 2.24. The third-order valence-electron chi connectivity index (χ3n) is 3.92. The van der Waals surface area contributed by atoms with Gasteiger partial charge >= 0.3 is 6.03 Å². The molecule has 0 fully saturated rings. The maximum Gasteiger partial charge on any atom is 0.332 e. The van der Waals surface area contributed by atoms with Crippen molar-refractivity contribution in [1.82, 2.24) is 15.2 Å². The van der Waals surface area contributed by atoms with Crippen LogP contribution in [0.2, 0.25) is 0 Å². The van der Waals surface area contributed by atoms with Crippen molar-refractivity contribution < 1.29 is 4.79 Å². The average molecular weight is 333 g/mol. The van der Waals surface area contributed by atoms with E-state index in [0.717, 1.165) is 22.5 Å². The van der Waals surface area contributed by atoms with E-state index in [1.54, 1.807) is 10.9 Å². The van der Waals surface area contributed by atoms with E-state index in [1.165, 1.54) is 11.1 Å². The second-order valence-corrected chi connectivity index (χ2v) is 5.75. The zero-order chi connectivity index (χ0) is 17.8. The van der Waals surface area contributed by atoms with Crippen molar-refractivity contribution in [3.05, 3.63) is 71.4 Å². The topological polar surface area (TPSA) is 85.3 Å². The maximum absolute atomic E-state index is 10.8. The van der Waals surface area contributed by atoms with Gasteiger partial charge < -0.3 is 5.73 Å². The molecule has 6 heteroatoms. The Morgan fingerprint density at radius 1 is 1.16 bits per heavy atom. The Hall–Kier alpha value is -3.41. The Labute approximate surface area is 146 Å². The van der Waals surface area contributed by atoms with E-state index in [9.17, 15) is 4.79 Å². The Kier molecular flexibility index (Phi) is 4.61. The number of nitrogens with one attached hydrogen (secondary N) is 1. The third-order valence-corrected chi connectivity index (χ3v) is 3.92. The van der Waals surface area contributed by atoms with Gasteiger partial charge in [-0.3, -0.25) is 0 Å². The smallest absolute Gasteiger partial charge is 0.332 e. The first kappa shape index (κ1) is 16.4.